The molecule has 7 N–H and O–H groups in total. The van der Waals surface area contributed by atoms with Crippen molar-refractivity contribution in [2.24, 2.45) is 11.7 Å². The number of nitriles is 1. The fourth-order valence-electron chi connectivity index (χ4n) is 1.72. The van der Waals surface area contributed by atoms with Crippen molar-refractivity contribution in [3.8, 4) is 6.19 Å². The highest BCUT2D eigenvalue weighted by Gasteiger charge is 2.14. The van der Waals surface area contributed by atoms with Crippen molar-refractivity contribution < 1.29 is 9.90 Å². The molecule has 0 amide bonds. The third-order valence-electron chi connectivity index (χ3n) is 3.06. The molecule has 0 fully saturated rings. The van der Waals surface area contributed by atoms with E-state index < -0.39 is 12.0 Å². The maximum atomic E-state index is 10.0. The van der Waals surface area contributed by atoms with Gasteiger partial charge in [0.2, 0.25) is 5.96 Å². The Balaban J connectivity index is 0.000000307. The minimum absolute atomic E-state index is 0.0208. The Morgan fingerprint density at radius 1 is 1.50 bits per heavy atom. The fraction of sp³-hybridized carbons (Fsp3) is 0.267. The molecule has 8 nitrogen and oxygen atoms in total. The van der Waals surface area contributed by atoms with Gasteiger partial charge in [-0.1, -0.05) is 13.8 Å². The number of carbonyl (C=O) groups is 1. The number of halogens is 1. The van der Waals surface area contributed by atoms with Crippen molar-refractivity contribution in [1.29, 1.82) is 10.7 Å². The van der Waals surface area contributed by atoms with Crippen molar-refractivity contribution in [3.63, 3.8) is 0 Å². The van der Waals surface area contributed by atoms with Crippen molar-refractivity contribution in [2.75, 3.05) is 5.32 Å². The van der Waals surface area contributed by atoms with E-state index in [-0.39, 0.29) is 11.9 Å². The molecule has 0 radical (unpaired) electrons. The normalized spacial score (nSPS) is 11.2. The first-order chi connectivity index (χ1) is 11.3. The van der Waals surface area contributed by atoms with Crippen molar-refractivity contribution in [3.05, 3.63) is 28.0 Å². The maximum absolute atomic E-state index is 10.0. The minimum Gasteiger partial charge on any atom is -0.480 e. The van der Waals surface area contributed by atoms with Crippen molar-refractivity contribution >= 4 is 51.1 Å². The van der Waals surface area contributed by atoms with E-state index in [4.69, 9.17) is 21.5 Å². The number of hydrogen-bond donors (Lipinski definition) is 6. The number of nitrogens with zero attached hydrogens (tertiary/aromatic N) is 1. The lowest BCUT2D eigenvalue weighted by Gasteiger charge is -2.07. The summed E-state index contributed by atoms with van der Waals surface area (Å²) in [6.45, 7) is 3.55. The molecular weight excluding hydrogens is 423 g/mol. The van der Waals surface area contributed by atoms with Crippen molar-refractivity contribution in [2.45, 2.75) is 19.9 Å². The van der Waals surface area contributed by atoms with Gasteiger partial charge >= 0.3 is 5.97 Å². The predicted octanol–water partition coefficient (Wildman–Crippen LogP) is 2.24. The van der Waals surface area contributed by atoms with Gasteiger partial charge in [-0.25, -0.2) is 0 Å². The Labute approximate surface area is 153 Å². The van der Waals surface area contributed by atoms with Crippen LogP contribution in [0, 0.1) is 26.4 Å². The van der Waals surface area contributed by atoms with Crippen LogP contribution in [0.25, 0.3) is 10.9 Å². The van der Waals surface area contributed by atoms with E-state index in [1.165, 1.54) is 0 Å². The molecule has 0 aliphatic rings. The second-order valence-corrected chi connectivity index (χ2v) is 6.41. The SMILES string of the molecule is CC(C)[C@H](N)C(=O)O.N#CNC(=N)Nc1cc(I)c2[nH]ccc2c1. The molecular formula is C15H19IN6O2. The summed E-state index contributed by atoms with van der Waals surface area (Å²) in [6, 6.07) is 5.08. The Bertz CT molecular complexity index is 765. The first-order valence-electron chi connectivity index (χ1n) is 7.02. The van der Waals surface area contributed by atoms with Crippen LogP contribution in [-0.2, 0) is 4.79 Å². The van der Waals surface area contributed by atoms with Gasteiger partial charge in [-0.2, -0.15) is 5.26 Å². The number of guanidine groups is 1. The summed E-state index contributed by atoms with van der Waals surface area (Å²) in [6.07, 6.45) is 3.56. The van der Waals surface area contributed by atoms with Crippen LogP contribution < -0.4 is 16.4 Å². The van der Waals surface area contributed by atoms with E-state index in [2.05, 4.69) is 38.2 Å². The highest BCUT2D eigenvalue weighted by atomic mass is 127. The van der Waals surface area contributed by atoms with E-state index in [0.717, 1.165) is 20.2 Å². The average molecular weight is 442 g/mol. The zero-order chi connectivity index (χ0) is 18.3. The van der Waals surface area contributed by atoms with Crippen LogP contribution >= 0.6 is 22.6 Å². The van der Waals surface area contributed by atoms with Crippen LogP contribution in [0.5, 0.6) is 0 Å². The van der Waals surface area contributed by atoms with E-state index in [0.29, 0.717) is 0 Å². The minimum atomic E-state index is -0.931. The van der Waals surface area contributed by atoms with E-state index in [9.17, 15) is 4.79 Å². The molecule has 0 spiro atoms. The quantitative estimate of drug-likeness (QED) is 0.141. The number of hydrogen-bond acceptors (Lipinski definition) is 4. The van der Waals surface area contributed by atoms with E-state index in [1.54, 1.807) is 20.0 Å². The number of aliphatic carboxylic acids is 1. The monoisotopic (exact) mass is 442 g/mol. The lowest BCUT2D eigenvalue weighted by Crippen LogP contribution is -2.34. The third-order valence-corrected chi connectivity index (χ3v) is 3.92. The fourth-order valence-corrected chi connectivity index (χ4v) is 2.52. The topological polar surface area (TPSA) is 151 Å². The first kappa shape index (κ1) is 19.7. The third kappa shape index (κ3) is 5.71. The molecule has 0 aliphatic carbocycles. The molecule has 0 aliphatic heterocycles. The number of H-pyrrole nitrogens is 1. The average Bonchev–Trinajstić information content (AvgIpc) is 2.96. The number of nitrogens with two attached hydrogens (primary N) is 1. The molecule has 1 aromatic carbocycles. The molecule has 0 saturated heterocycles. The molecule has 2 aromatic rings. The number of benzene rings is 1. The molecule has 1 aromatic heterocycles. The lowest BCUT2D eigenvalue weighted by atomic mass is 10.1. The number of aromatic amines is 1. The molecule has 24 heavy (non-hydrogen) atoms. The largest absolute Gasteiger partial charge is 0.480 e. The summed E-state index contributed by atoms with van der Waals surface area (Å²) in [4.78, 5) is 13.2. The Morgan fingerprint density at radius 2 is 2.17 bits per heavy atom. The summed E-state index contributed by atoms with van der Waals surface area (Å²) in [5.41, 5.74) is 7.02. The summed E-state index contributed by atoms with van der Waals surface area (Å²) < 4.78 is 1.06. The first-order valence-corrected chi connectivity index (χ1v) is 8.09. The van der Waals surface area contributed by atoms with Crippen LogP contribution in [0.2, 0.25) is 0 Å². The Morgan fingerprint density at radius 3 is 2.67 bits per heavy atom. The van der Waals surface area contributed by atoms with Gasteiger partial charge in [0.25, 0.3) is 0 Å². The molecule has 1 heterocycles. The predicted molar refractivity (Wildman–Crippen MR) is 102 cm³/mol. The summed E-state index contributed by atoms with van der Waals surface area (Å²) in [5, 5.41) is 30.1. The second kappa shape index (κ2) is 9.09. The molecule has 0 bridgehead atoms. The zero-order valence-corrected chi connectivity index (χ0v) is 15.4. The van der Waals surface area contributed by atoms with Gasteiger partial charge in [-0.05, 0) is 46.7 Å². The van der Waals surface area contributed by atoms with Gasteiger partial charge in [0.05, 0.1) is 5.52 Å². The summed E-state index contributed by atoms with van der Waals surface area (Å²) in [7, 11) is 0. The van der Waals surface area contributed by atoms with Gasteiger partial charge in [-0.3, -0.25) is 15.5 Å². The van der Waals surface area contributed by atoms with Crippen LogP contribution in [0.4, 0.5) is 5.69 Å². The molecule has 9 heteroatoms. The van der Waals surface area contributed by atoms with Gasteiger partial charge in [0.1, 0.15) is 6.04 Å². The number of nitrogens with one attached hydrogen (secondary N) is 4. The number of fused-ring (bicyclic) bond motifs is 1. The van der Waals surface area contributed by atoms with Gasteiger partial charge in [-0.15, -0.1) is 0 Å². The Hall–Kier alpha value is -2.32. The van der Waals surface area contributed by atoms with Gasteiger partial charge in [0, 0.05) is 20.8 Å². The number of rotatable bonds is 3. The van der Waals surface area contributed by atoms with Crippen molar-refractivity contribution in [1.82, 2.24) is 10.3 Å². The van der Waals surface area contributed by atoms with Crippen LogP contribution in [0.15, 0.2) is 24.4 Å². The molecule has 0 unspecified atom stereocenters. The smallest absolute Gasteiger partial charge is 0.320 e. The zero-order valence-electron chi connectivity index (χ0n) is 13.2. The molecule has 128 valence electrons. The van der Waals surface area contributed by atoms with Gasteiger partial charge < -0.3 is 21.1 Å². The van der Waals surface area contributed by atoms with Crippen LogP contribution in [0.3, 0.4) is 0 Å². The highest BCUT2D eigenvalue weighted by Crippen LogP contribution is 2.24. The second-order valence-electron chi connectivity index (χ2n) is 5.24. The number of anilines is 1. The highest BCUT2D eigenvalue weighted by molar-refractivity contribution is 14.1. The standard InChI is InChI=1S/C10H8IN5.C5H11NO2/c11-8-4-7(16-10(13)15-5-12)3-6-1-2-14-9(6)8;1-3(2)4(6)5(7)8/h1-4,14H,(H3,13,15,16);3-4H,6H2,1-2H3,(H,7,8)/t;4-/m.0/s1. The van der Waals surface area contributed by atoms with Gasteiger partial charge in [0.15, 0.2) is 6.19 Å². The number of aromatic nitrogens is 1. The van der Waals surface area contributed by atoms with E-state index in [1.807, 2.05) is 24.4 Å². The Kier molecular flexibility index (Phi) is 7.47. The lowest BCUT2D eigenvalue weighted by molar-refractivity contribution is -0.139. The molecule has 2 rings (SSSR count). The summed E-state index contributed by atoms with van der Waals surface area (Å²) >= 11 is 2.22. The number of carboxylic acid groups (broad SMARTS) is 1. The van der Waals surface area contributed by atoms with Crippen LogP contribution in [0.1, 0.15) is 13.8 Å². The number of carboxylic acids is 1. The van der Waals surface area contributed by atoms with E-state index >= 15 is 0 Å². The molecule has 1 atom stereocenters. The maximum Gasteiger partial charge on any atom is 0.320 e. The molecule has 0 saturated carbocycles. The van der Waals surface area contributed by atoms with Crippen LogP contribution in [-0.4, -0.2) is 28.1 Å². The summed E-state index contributed by atoms with van der Waals surface area (Å²) in [5.74, 6) is -0.944.